The summed E-state index contributed by atoms with van der Waals surface area (Å²) in [5.74, 6) is 1.03. The third kappa shape index (κ3) is 8.29. The molecule has 0 saturated carbocycles. The van der Waals surface area contributed by atoms with Crippen LogP contribution in [0.2, 0.25) is 0 Å². The Balaban J connectivity index is 0.947. The van der Waals surface area contributed by atoms with Gasteiger partial charge in [-0.05, 0) is 95.0 Å². The van der Waals surface area contributed by atoms with Gasteiger partial charge in [0.05, 0.1) is 50.5 Å². The quantitative estimate of drug-likeness (QED) is 0.119. The molecule has 5 heterocycles. The van der Waals surface area contributed by atoms with E-state index < -0.39 is 24.3 Å². The van der Waals surface area contributed by atoms with E-state index in [0.717, 1.165) is 74.3 Å². The predicted octanol–water partition coefficient (Wildman–Crippen LogP) is 7.81. The van der Waals surface area contributed by atoms with Gasteiger partial charge in [0.1, 0.15) is 30.3 Å². The van der Waals surface area contributed by atoms with Gasteiger partial charge in [-0.15, -0.1) is 0 Å². The van der Waals surface area contributed by atoms with Gasteiger partial charge in [-0.3, -0.25) is 14.6 Å². The number of methoxy groups -OCH3 is 3. The number of aliphatic imine (C=N–C) groups is 1. The molecule has 2 fully saturated rings. The molecule has 15 nitrogen and oxygen atoms in total. The smallest absolute Gasteiger partial charge is 0.407 e. The third-order valence-corrected chi connectivity index (χ3v) is 13.4. The Hall–Kier alpha value is -6.74. The van der Waals surface area contributed by atoms with Crippen molar-refractivity contribution in [2.24, 2.45) is 16.8 Å². The van der Waals surface area contributed by atoms with Gasteiger partial charge in [0.25, 0.3) is 5.91 Å². The van der Waals surface area contributed by atoms with E-state index in [1.54, 1.807) is 18.2 Å². The van der Waals surface area contributed by atoms with Crippen LogP contribution in [0, 0.1) is 11.8 Å². The first-order chi connectivity index (χ1) is 31.5. The lowest BCUT2D eigenvalue weighted by molar-refractivity contribution is -0.136. The molecular weight excluding hydrogens is 827 g/mol. The number of rotatable bonds is 11. The monoisotopic (exact) mass is 881 g/mol. The van der Waals surface area contributed by atoms with E-state index in [2.05, 4.69) is 65.0 Å². The Morgan fingerprint density at radius 2 is 1.68 bits per heavy atom. The molecule has 4 amide bonds. The summed E-state index contributed by atoms with van der Waals surface area (Å²) in [6, 6.07) is 21.8. The number of H-pyrrole nitrogens is 1. The highest BCUT2D eigenvalue weighted by atomic mass is 16.5. The highest BCUT2D eigenvalue weighted by Gasteiger charge is 2.43. The normalized spacial score (nSPS) is 20.6. The van der Waals surface area contributed by atoms with E-state index in [4.69, 9.17) is 28.9 Å². The molecular formula is C50H55N7O8. The van der Waals surface area contributed by atoms with E-state index in [-0.39, 0.29) is 41.8 Å². The van der Waals surface area contributed by atoms with E-state index in [9.17, 15) is 19.2 Å². The second kappa shape index (κ2) is 18.0. The van der Waals surface area contributed by atoms with E-state index in [1.165, 1.54) is 14.2 Å². The van der Waals surface area contributed by atoms with Crippen molar-refractivity contribution in [2.75, 3.05) is 34.5 Å². The summed E-state index contributed by atoms with van der Waals surface area (Å²) in [4.78, 5) is 70.1. The van der Waals surface area contributed by atoms with Crippen LogP contribution in [0.5, 0.6) is 5.75 Å². The van der Waals surface area contributed by atoms with Gasteiger partial charge in [-0.1, -0.05) is 62.4 Å². The zero-order chi connectivity index (χ0) is 45.5. The molecule has 5 aromatic rings. The minimum absolute atomic E-state index is 0.00584. The van der Waals surface area contributed by atoms with Crippen molar-refractivity contribution in [3.8, 4) is 28.1 Å². The van der Waals surface area contributed by atoms with Gasteiger partial charge in [0.2, 0.25) is 5.91 Å². The number of alkyl carbamates (subject to hydrolysis) is 2. The second-order valence-corrected chi connectivity index (χ2v) is 17.8. The topological polar surface area (TPSA) is 177 Å². The van der Waals surface area contributed by atoms with Crippen LogP contribution in [0.3, 0.4) is 0 Å². The number of aromatic amines is 1. The summed E-state index contributed by atoms with van der Waals surface area (Å²) < 4.78 is 21.7. The van der Waals surface area contributed by atoms with Crippen LogP contribution in [-0.2, 0) is 36.8 Å². The molecule has 338 valence electrons. The molecule has 6 atom stereocenters. The van der Waals surface area contributed by atoms with Crippen LogP contribution in [0.15, 0.2) is 84.0 Å². The van der Waals surface area contributed by atoms with Gasteiger partial charge in [-0.2, -0.15) is 0 Å². The first-order valence-corrected chi connectivity index (χ1v) is 22.3. The molecule has 0 unspecified atom stereocenters. The van der Waals surface area contributed by atoms with E-state index >= 15 is 0 Å². The van der Waals surface area contributed by atoms with Gasteiger partial charge in [0.15, 0.2) is 0 Å². The van der Waals surface area contributed by atoms with Crippen molar-refractivity contribution in [1.82, 2.24) is 30.4 Å². The van der Waals surface area contributed by atoms with E-state index in [1.807, 2.05) is 49.1 Å². The standard InChI is InChI=1S/C50H55N7O8/c1-27(2)44(54-49(60)63-5)48(59)57-28(3)12-17-41(57)39-21-36-35-22-43-37(20-31(35)14-16-38(36)52-39)34-15-13-32(19-33(34)26-65-43)40-23-51-46(53-40)42-18-29(25-62-4)24-56(42)47(58)45(55-50(61)64-6)30-10-8-7-9-11-30/h7-11,13-16,19-20,22-23,27-29,41-42,44-45H,12,17-18,21,24-26H2,1-6H3,(H,51,53)(H,54,60)(H,55,61)/t28-,29-,41-,42-,44-,45+/m0/s1. The number of ether oxygens (including phenoxy) is 4. The molecule has 4 aliphatic rings. The second-order valence-electron chi connectivity index (χ2n) is 17.8. The van der Waals surface area contributed by atoms with Crippen molar-refractivity contribution in [3.05, 3.63) is 102 Å². The Kier molecular flexibility index (Phi) is 12.1. The minimum atomic E-state index is -0.944. The van der Waals surface area contributed by atoms with Crippen LogP contribution in [0.25, 0.3) is 33.2 Å². The maximum atomic E-state index is 14.3. The summed E-state index contributed by atoms with van der Waals surface area (Å²) in [6.07, 6.45) is 3.39. The Morgan fingerprint density at radius 1 is 0.892 bits per heavy atom. The maximum Gasteiger partial charge on any atom is 0.407 e. The SMILES string of the molecule is COC[C@H]1C[C@@H](c2ncc(-c3ccc4c(c3)COc3cc5c6c(ccc5cc3-4)N=C([C@@H]3CC[C@H](C)N3C(=O)[C@@H](NC(=O)OC)C(C)C)C6)[nH]2)N(C(=O)[C@H](NC(=O)OC)c2ccccc2)C1. The number of imidazole rings is 1. The van der Waals surface area contributed by atoms with Crippen molar-refractivity contribution in [3.63, 3.8) is 0 Å². The molecule has 9 rings (SSSR count). The molecule has 0 bridgehead atoms. The zero-order valence-corrected chi connectivity index (χ0v) is 37.6. The first-order valence-electron chi connectivity index (χ1n) is 22.3. The van der Waals surface area contributed by atoms with Crippen LogP contribution >= 0.6 is 0 Å². The third-order valence-electron chi connectivity index (χ3n) is 13.4. The number of hydrogen-bond donors (Lipinski definition) is 3. The summed E-state index contributed by atoms with van der Waals surface area (Å²) in [7, 11) is 4.23. The molecule has 15 heteroatoms. The number of hydrogen-bond acceptors (Lipinski definition) is 10. The van der Waals surface area contributed by atoms with Crippen LogP contribution in [0.4, 0.5) is 15.3 Å². The summed E-state index contributed by atoms with van der Waals surface area (Å²) in [5.41, 5.74) is 8.51. The molecule has 4 aliphatic heterocycles. The molecule has 3 N–H and O–H groups in total. The number of nitrogens with one attached hydrogen (secondary N) is 3. The molecule has 4 aromatic carbocycles. The first kappa shape index (κ1) is 43.5. The highest BCUT2D eigenvalue weighted by Crippen LogP contribution is 2.45. The number of likely N-dealkylation sites (tertiary alicyclic amines) is 2. The largest absolute Gasteiger partial charge is 0.488 e. The fourth-order valence-corrected chi connectivity index (χ4v) is 10.1. The van der Waals surface area contributed by atoms with Crippen molar-refractivity contribution in [2.45, 2.75) is 83.3 Å². The Bertz CT molecular complexity index is 2680. The van der Waals surface area contributed by atoms with Crippen molar-refractivity contribution >= 4 is 46.2 Å². The molecule has 0 spiro atoms. The van der Waals surface area contributed by atoms with Crippen LogP contribution in [0.1, 0.15) is 74.6 Å². The summed E-state index contributed by atoms with van der Waals surface area (Å²) in [6.45, 7) is 7.20. The molecule has 2 saturated heterocycles. The van der Waals surface area contributed by atoms with Crippen molar-refractivity contribution in [1.29, 1.82) is 0 Å². The number of carbonyl (C=O) groups excluding carboxylic acids is 4. The summed E-state index contributed by atoms with van der Waals surface area (Å²) in [5, 5.41) is 7.65. The van der Waals surface area contributed by atoms with Crippen LogP contribution < -0.4 is 15.4 Å². The Morgan fingerprint density at radius 3 is 2.43 bits per heavy atom. The van der Waals surface area contributed by atoms with E-state index in [0.29, 0.717) is 44.0 Å². The minimum Gasteiger partial charge on any atom is -0.488 e. The lowest BCUT2D eigenvalue weighted by atomic mass is 9.90. The fraction of sp³-hybridized carbons (Fsp3) is 0.400. The molecule has 0 radical (unpaired) electrons. The lowest BCUT2D eigenvalue weighted by Gasteiger charge is -2.33. The van der Waals surface area contributed by atoms with Crippen molar-refractivity contribution < 1.29 is 38.1 Å². The zero-order valence-electron chi connectivity index (χ0n) is 37.6. The number of carbonyl (C=O) groups is 4. The Labute approximate surface area is 377 Å². The number of benzene rings is 4. The number of amides is 4. The maximum absolute atomic E-state index is 14.3. The lowest BCUT2D eigenvalue weighted by Crippen LogP contribution is -2.55. The molecule has 1 aromatic heterocycles. The number of aromatic nitrogens is 2. The molecule has 65 heavy (non-hydrogen) atoms. The number of fused-ring (bicyclic) bond motifs is 6. The number of nitrogens with zero attached hydrogens (tertiary/aromatic N) is 4. The fourth-order valence-electron chi connectivity index (χ4n) is 10.1. The van der Waals surface area contributed by atoms with Gasteiger partial charge < -0.3 is 44.4 Å². The summed E-state index contributed by atoms with van der Waals surface area (Å²) >= 11 is 0. The average molecular weight is 882 g/mol. The highest BCUT2D eigenvalue weighted by molar-refractivity contribution is 6.06. The predicted molar refractivity (Wildman–Crippen MR) is 245 cm³/mol. The van der Waals surface area contributed by atoms with Crippen LogP contribution in [-0.4, -0.2) is 102 Å². The molecule has 0 aliphatic carbocycles. The van der Waals surface area contributed by atoms with Gasteiger partial charge in [-0.25, -0.2) is 14.6 Å². The average Bonchev–Trinajstić information content (AvgIpc) is 4.15. The van der Waals surface area contributed by atoms with Gasteiger partial charge >= 0.3 is 12.2 Å². The van der Waals surface area contributed by atoms with Gasteiger partial charge in [0, 0.05) is 43.3 Å².